The van der Waals surface area contributed by atoms with Crippen molar-refractivity contribution in [2.75, 3.05) is 0 Å². The van der Waals surface area contributed by atoms with Gasteiger partial charge in [0.2, 0.25) is 5.75 Å². The Kier molecular flexibility index (Phi) is 2.61. The molecule has 0 saturated heterocycles. The van der Waals surface area contributed by atoms with Crippen LogP contribution in [-0.4, -0.2) is 10.5 Å². The summed E-state index contributed by atoms with van der Waals surface area (Å²) >= 11 is 2.91. The monoisotopic (exact) mass is 289 g/mol. The van der Waals surface area contributed by atoms with E-state index in [0.29, 0.717) is 0 Å². The number of halogens is 2. The van der Waals surface area contributed by atoms with Gasteiger partial charge in [-0.05, 0) is 35.7 Å². The predicted octanol–water partition coefficient (Wildman–Crippen LogP) is 3.43. The first kappa shape index (κ1) is 11.3. The van der Waals surface area contributed by atoms with Crippen molar-refractivity contribution < 1.29 is 14.1 Å². The Morgan fingerprint density at radius 1 is 1.56 bits per heavy atom. The topological polar surface area (TPSA) is 52.4 Å². The third kappa shape index (κ3) is 2.16. The van der Waals surface area contributed by atoms with Crippen LogP contribution in [0.5, 0.6) is 5.75 Å². The van der Waals surface area contributed by atoms with Gasteiger partial charge in [-0.1, -0.05) is 0 Å². The molecule has 1 aliphatic carbocycles. The number of ether oxygens (including phenoxy) is 1. The molecule has 16 heavy (non-hydrogen) atoms. The molecule has 1 aliphatic rings. The predicted molar refractivity (Wildman–Crippen MR) is 59.0 cm³/mol. The molecule has 1 saturated carbocycles. The molecule has 1 fully saturated rings. The molecule has 1 aromatic carbocycles. The van der Waals surface area contributed by atoms with Crippen LogP contribution in [0, 0.1) is 15.9 Å². The summed E-state index contributed by atoms with van der Waals surface area (Å²) in [5.74, 6) is -0.574. The quantitative estimate of drug-likeness (QED) is 0.633. The Balaban J connectivity index is 2.41. The van der Waals surface area contributed by atoms with Crippen molar-refractivity contribution in [3.8, 4) is 5.75 Å². The third-order valence-corrected chi connectivity index (χ3v) is 3.12. The Morgan fingerprint density at radius 2 is 2.19 bits per heavy atom. The lowest BCUT2D eigenvalue weighted by atomic mass is 10.3. The summed E-state index contributed by atoms with van der Waals surface area (Å²) < 4.78 is 18.8. The zero-order valence-electron chi connectivity index (χ0n) is 8.50. The number of nitrogens with zero attached hydrogens (tertiary/aromatic N) is 1. The Bertz CT molecular complexity index is 460. The van der Waals surface area contributed by atoms with E-state index in [0.717, 1.165) is 25.0 Å². The van der Waals surface area contributed by atoms with Crippen LogP contribution in [0.3, 0.4) is 0 Å². The van der Waals surface area contributed by atoms with E-state index >= 15 is 0 Å². The highest BCUT2D eigenvalue weighted by molar-refractivity contribution is 9.10. The summed E-state index contributed by atoms with van der Waals surface area (Å²) in [5.41, 5.74) is -0.591. The fourth-order valence-corrected chi connectivity index (χ4v) is 1.62. The lowest BCUT2D eigenvalue weighted by molar-refractivity contribution is -0.386. The van der Waals surface area contributed by atoms with Gasteiger partial charge in [0.25, 0.3) is 0 Å². The van der Waals surface area contributed by atoms with E-state index in [9.17, 15) is 14.5 Å². The summed E-state index contributed by atoms with van der Waals surface area (Å²) in [6, 6.07) is 2.17. The maximum absolute atomic E-state index is 13.3. The van der Waals surface area contributed by atoms with Crippen molar-refractivity contribution in [1.29, 1.82) is 0 Å². The summed E-state index contributed by atoms with van der Waals surface area (Å²) in [6.45, 7) is 1.84. The van der Waals surface area contributed by atoms with Crippen LogP contribution >= 0.6 is 15.9 Å². The number of hydrogen-bond acceptors (Lipinski definition) is 3. The zero-order valence-corrected chi connectivity index (χ0v) is 10.1. The molecular formula is C10H9BrFNO3. The van der Waals surface area contributed by atoms with Crippen LogP contribution in [0.25, 0.3) is 0 Å². The summed E-state index contributed by atoms with van der Waals surface area (Å²) in [6.07, 6.45) is 1.67. The minimum Gasteiger partial charge on any atom is -0.480 e. The van der Waals surface area contributed by atoms with Crippen molar-refractivity contribution in [2.24, 2.45) is 0 Å². The van der Waals surface area contributed by atoms with E-state index in [1.165, 1.54) is 0 Å². The van der Waals surface area contributed by atoms with Gasteiger partial charge < -0.3 is 4.74 Å². The molecule has 4 nitrogen and oxygen atoms in total. The largest absolute Gasteiger partial charge is 0.480 e. The van der Waals surface area contributed by atoms with E-state index in [4.69, 9.17) is 4.74 Å². The van der Waals surface area contributed by atoms with Gasteiger partial charge in [-0.15, -0.1) is 0 Å². The van der Waals surface area contributed by atoms with Gasteiger partial charge in [-0.2, -0.15) is 0 Å². The molecule has 2 rings (SSSR count). The zero-order chi connectivity index (χ0) is 11.9. The van der Waals surface area contributed by atoms with Gasteiger partial charge >= 0.3 is 5.69 Å². The Morgan fingerprint density at radius 3 is 2.69 bits per heavy atom. The number of rotatable bonds is 3. The number of benzene rings is 1. The first-order valence-corrected chi connectivity index (χ1v) is 5.53. The fourth-order valence-electron chi connectivity index (χ4n) is 1.29. The molecule has 0 aliphatic heterocycles. The maximum Gasteiger partial charge on any atom is 0.312 e. The highest BCUT2D eigenvalue weighted by Gasteiger charge is 2.41. The van der Waals surface area contributed by atoms with Crippen LogP contribution in [0.1, 0.15) is 19.8 Å². The van der Waals surface area contributed by atoms with E-state index in [1.807, 2.05) is 6.92 Å². The molecule has 0 bridgehead atoms. The van der Waals surface area contributed by atoms with Crippen LogP contribution in [0.4, 0.5) is 10.1 Å². The highest BCUT2D eigenvalue weighted by atomic mass is 79.9. The Labute approximate surface area is 99.7 Å². The van der Waals surface area contributed by atoms with Gasteiger partial charge in [0.1, 0.15) is 11.4 Å². The maximum atomic E-state index is 13.3. The van der Waals surface area contributed by atoms with Crippen LogP contribution < -0.4 is 4.74 Å². The van der Waals surface area contributed by atoms with Crippen molar-refractivity contribution >= 4 is 21.6 Å². The van der Waals surface area contributed by atoms with Crippen LogP contribution in [-0.2, 0) is 0 Å². The molecule has 0 atom stereocenters. The minimum absolute atomic E-state index is 0.00861. The third-order valence-electron chi connectivity index (χ3n) is 2.51. The molecule has 0 N–H and O–H groups in total. The molecule has 0 aromatic heterocycles. The van der Waals surface area contributed by atoms with Gasteiger partial charge in [-0.25, -0.2) is 4.39 Å². The molecule has 6 heteroatoms. The average Bonchev–Trinajstić information content (AvgIpc) is 2.89. The van der Waals surface area contributed by atoms with E-state index in [-0.39, 0.29) is 21.5 Å². The average molecular weight is 290 g/mol. The summed E-state index contributed by atoms with van der Waals surface area (Å²) in [4.78, 5) is 10.2. The van der Waals surface area contributed by atoms with E-state index < -0.39 is 10.7 Å². The number of nitro benzene ring substituents is 1. The second kappa shape index (κ2) is 3.69. The van der Waals surface area contributed by atoms with Gasteiger partial charge in [-0.3, -0.25) is 10.1 Å². The van der Waals surface area contributed by atoms with Crippen LogP contribution in [0.2, 0.25) is 0 Å². The molecule has 0 unspecified atom stereocenters. The fraction of sp³-hybridized carbons (Fsp3) is 0.400. The van der Waals surface area contributed by atoms with E-state index in [1.54, 1.807) is 0 Å². The summed E-state index contributed by atoms with van der Waals surface area (Å²) in [5, 5.41) is 10.8. The van der Waals surface area contributed by atoms with Gasteiger partial charge in [0, 0.05) is 12.1 Å². The first-order chi connectivity index (χ1) is 7.41. The summed E-state index contributed by atoms with van der Waals surface area (Å²) in [7, 11) is 0. The van der Waals surface area contributed by atoms with Crippen molar-refractivity contribution in [1.82, 2.24) is 0 Å². The van der Waals surface area contributed by atoms with Gasteiger partial charge in [0.05, 0.1) is 9.40 Å². The van der Waals surface area contributed by atoms with Crippen LogP contribution in [0.15, 0.2) is 16.6 Å². The van der Waals surface area contributed by atoms with Gasteiger partial charge in [0.15, 0.2) is 0 Å². The lowest BCUT2D eigenvalue weighted by Crippen LogP contribution is -2.13. The molecule has 0 radical (unpaired) electrons. The van der Waals surface area contributed by atoms with E-state index in [2.05, 4.69) is 15.9 Å². The number of hydrogen-bond donors (Lipinski definition) is 0. The Hall–Kier alpha value is -1.17. The molecule has 0 heterocycles. The smallest absolute Gasteiger partial charge is 0.312 e. The standard InChI is InChI=1S/C10H9BrFNO3/c1-10(2-3-10)16-9-5-7(12)6(11)4-8(9)13(14)15/h4-5H,2-3H2,1H3. The molecule has 86 valence electrons. The molecule has 1 aromatic rings. The van der Waals surface area contributed by atoms with Crippen molar-refractivity contribution in [3.05, 3.63) is 32.5 Å². The molecular weight excluding hydrogens is 281 g/mol. The van der Waals surface area contributed by atoms with Crippen molar-refractivity contribution in [2.45, 2.75) is 25.4 Å². The lowest BCUT2D eigenvalue weighted by Gasteiger charge is -2.13. The minimum atomic E-state index is -0.578. The molecule has 0 amide bonds. The SMILES string of the molecule is CC1(Oc2cc(F)c(Br)cc2[N+](=O)[O-])CC1. The first-order valence-electron chi connectivity index (χ1n) is 4.74. The molecule has 0 spiro atoms. The van der Waals surface area contributed by atoms with Crippen molar-refractivity contribution in [3.63, 3.8) is 0 Å². The second-order valence-electron chi connectivity index (χ2n) is 4.04. The number of nitro groups is 1. The second-order valence-corrected chi connectivity index (χ2v) is 4.90. The highest BCUT2D eigenvalue weighted by Crippen LogP contribution is 2.43. The normalized spacial score (nSPS) is 16.9.